The highest BCUT2D eigenvalue weighted by Gasteiger charge is 2.17. The molecule has 1 amide bonds. The van der Waals surface area contributed by atoms with E-state index in [-0.39, 0.29) is 10.7 Å². The molecule has 2 aromatic carbocycles. The van der Waals surface area contributed by atoms with E-state index < -0.39 is 23.5 Å². The van der Waals surface area contributed by atoms with Gasteiger partial charge in [0.1, 0.15) is 17.1 Å². The van der Waals surface area contributed by atoms with Gasteiger partial charge in [0.15, 0.2) is 6.10 Å². The van der Waals surface area contributed by atoms with E-state index in [0.717, 1.165) is 17.0 Å². The van der Waals surface area contributed by atoms with Crippen molar-refractivity contribution in [1.29, 1.82) is 0 Å². The highest BCUT2D eigenvalue weighted by atomic mass is 35.5. The van der Waals surface area contributed by atoms with Gasteiger partial charge in [0.05, 0.1) is 10.7 Å². The fourth-order valence-electron chi connectivity index (χ4n) is 2.46. The fraction of sp³-hybridized carbons (Fsp3) is 0.158. The van der Waals surface area contributed by atoms with E-state index in [1.807, 2.05) is 6.92 Å². The van der Waals surface area contributed by atoms with Crippen LogP contribution >= 0.6 is 11.6 Å². The Bertz CT molecular complexity index is 1050. The summed E-state index contributed by atoms with van der Waals surface area (Å²) >= 11 is 5.90. The van der Waals surface area contributed by atoms with Crippen LogP contribution in [0.25, 0.3) is 11.0 Å². The number of nitrogens with one attached hydrogen (secondary N) is 1. The normalized spacial score (nSPS) is 12.0. The Morgan fingerprint density at radius 3 is 2.73 bits per heavy atom. The molecule has 0 bridgehead atoms. The van der Waals surface area contributed by atoms with Crippen molar-refractivity contribution in [3.63, 3.8) is 0 Å². The summed E-state index contributed by atoms with van der Waals surface area (Å²) < 4.78 is 23.8. The summed E-state index contributed by atoms with van der Waals surface area (Å²) in [6.07, 6.45) is -0.856. The molecule has 0 saturated carbocycles. The number of ether oxygens (including phenoxy) is 1. The smallest absolute Gasteiger partial charge is 0.336 e. The molecule has 0 aliphatic heterocycles. The molecule has 1 N–H and O–H groups in total. The molecule has 0 fully saturated rings. The van der Waals surface area contributed by atoms with Crippen LogP contribution in [0.4, 0.5) is 10.1 Å². The first-order chi connectivity index (χ1) is 12.3. The lowest BCUT2D eigenvalue weighted by Crippen LogP contribution is -2.30. The lowest BCUT2D eigenvalue weighted by Gasteiger charge is -2.15. The van der Waals surface area contributed by atoms with E-state index in [1.165, 1.54) is 18.2 Å². The SMILES string of the molecule is Cc1cc(=O)oc2cc(O[C@H](C)C(=O)Nc3ccc(F)cc3Cl)ccc12. The minimum absolute atomic E-state index is 0.0912. The van der Waals surface area contributed by atoms with Gasteiger partial charge in [-0.25, -0.2) is 9.18 Å². The summed E-state index contributed by atoms with van der Waals surface area (Å²) in [5.41, 5.74) is 0.999. The molecule has 134 valence electrons. The molecule has 1 atom stereocenters. The Morgan fingerprint density at radius 1 is 1.23 bits per heavy atom. The number of hydrogen-bond acceptors (Lipinski definition) is 4. The maximum absolute atomic E-state index is 13.1. The van der Waals surface area contributed by atoms with Crippen molar-refractivity contribution in [2.45, 2.75) is 20.0 Å². The molecule has 7 heteroatoms. The maximum atomic E-state index is 13.1. The van der Waals surface area contributed by atoms with Gasteiger partial charge >= 0.3 is 5.63 Å². The maximum Gasteiger partial charge on any atom is 0.336 e. The quantitative estimate of drug-likeness (QED) is 0.690. The van der Waals surface area contributed by atoms with Crippen LogP contribution in [0, 0.1) is 12.7 Å². The number of fused-ring (bicyclic) bond motifs is 1. The number of halogens is 2. The van der Waals surface area contributed by atoms with Gasteiger partial charge in [-0.3, -0.25) is 4.79 Å². The number of benzene rings is 2. The van der Waals surface area contributed by atoms with Crippen LogP contribution in [0.1, 0.15) is 12.5 Å². The molecule has 5 nitrogen and oxygen atoms in total. The van der Waals surface area contributed by atoms with E-state index in [4.69, 9.17) is 20.8 Å². The van der Waals surface area contributed by atoms with Crippen molar-refractivity contribution in [3.8, 4) is 5.75 Å². The van der Waals surface area contributed by atoms with Gasteiger partial charge in [-0.2, -0.15) is 0 Å². The third-order valence-electron chi connectivity index (χ3n) is 3.79. The molecule has 26 heavy (non-hydrogen) atoms. The van der Waals surface area contributed by atoms with Crippen molar-refractivity contribution < 1.29 is 18.3 Å². The summed E-state index contributed by atoms with van der Waals surface area (Å²) in [5.74, 6) is -0.575. The summed E-state index contributed by atoms with van der Waals surface area (Å²) in [4.78, 5) is 23.8. The highest BCUT2D eigenvalue weighted by molar-refractivity contribution is 6.33. The minimum Gasteiger partial charge on any atom is -0.481 e. The molecule has 3 rings (SSSR count). The Kier molecular flexibility index (Phi) is 4.95. The van der Waals surface area contributed by atoms with Crippen molar-refractivity contribution in [2.75, 3.05) is 5.32 Å². The molecular weight excluding hydrogens is 361 g/mol. The summed E-state index contributed by atoms with van der Waals surface area (Å²) in [7, 11) is 0. The summed E-state index contributed by atoms with van der Waals surface area (Å²) in [5, 5.41) is 3.45. The molecule has 1 heterocycles. The van der Waals surface area contributed by atoms with E-state index in [2.05, 4.69) is 5.32 Å². The minimum atomic E-state index is -0.856. The monoisotopic (exact) mass is 375 g/mol. The number of carbonyl (C=O) groups excluding carboxylic acids is 1. The Balaban J connectivity index is 1.76. The average Bonchev–Trinajstić information content (AvgIpc) is 2.56. The third kappa shape index (κ3) is 3.86. The predicted molar refractivity (Wildman–Crippen MR) is 97.4 cm³/mol. The van der Waals surface area contributed by atoms with Gasteiger partial charge in [0, 0.05) is 17.5 Å². The zero-order chi connectivity index (χ0) is 18.8. The number of carbonyl (C=O) groups is 1. The molecule has 0 radical (unpaired) electrons. The predicted octanol–water partition coefficient (Wildman–Crippen LogP) is 4.30. The second-order valence-electron chi connectivity index (χ2n) is 5.78. The zero-order valence-corrected chi connectivity index (χ0v) is 14.8. The molecule has 0 aliphatic carbocycles. The van der Waals surface area contributed by atoms with E-state index in [9.17, 15) is 14.0 Å². The molecular formula is C19H15ClFNO4. The van der Waals surface area contributed by atoms with Crippen molar-refractivity contribution in [3.05, 3.63) is 69.3 Å². The zero-order valence-electron chi connectivity index (χ0n) is 14.0. The first-order valence-corrected chi connectivity index (χ1v) is 8.18. The van der Waals surface area contributed by atoms with Gasteiger partial charge in [-0.15, -0.1) is 0 Å². The van der Waals surface area contributed by atoms with Gasteiger partial charge in [0.25, 0.3) is 5.91 Å². The first kappa shape index (κ1) is 17.9. The molecule has 0 saturated heterocycles. The fourth-order valence-corrected chi connectivity index (χ4v) is 2.68. The second kappa shape index (κ2) is 7.17. The lowest BCUT2D eigenvalue weighted by molar-refractivity contribution is -0.122. The van der Waals surface area contributed by atoms with Crippen LogP contribution in [-0.4, -0.2) is 12.0 Å². The van der Waals surface area contributed by atoms with Crippen LogP contribution in [-0.2, 0) is 4.79 Å². The van der Waals surface area contributed by atoms with Crippen LogP contribution in [0.5, 0.6) is 5.75 Å². The topological polar surface area (TPSA) is 68.5 Å². The molecule has 0 unspecified atom stereocenters. The number of rotatable bonds is 4. The largest absolute Gasteiger partial charge is 0.481 e. The van der Waals surface area contributed by atoms with Gasteiger partial charge < -0.3 is 14.5 Å². The Hall–Kier alpha value is -2.86. The van der Waals surface area contributed by atoms with Crippen LogP contribution in [0.3, 0.4) is 0 Å². The standard InChI is InChI=1S/C19H15ClFNO4/c1-10-7-18(23)26-17-9-13(4-5-14(10)17)25-11(2)19(24)22-16-6-3-12(21)8-15(16)20/h3-9,11H,1-2H3,(H,22,24)/t11-/m1/s1. The average molecular weight is 376 g/mol. The lowest BCUT2D eigenvalue weighted by atomic mass is 10.1. The molecule has 0 aliphatic rings. The van der Waals surface area contributed by atoms with Crippen LogP contribution < -0.4 is 15.7 Å². The highest BCUT2D eigenvalue weighted by Crippen LogP contribution is 2.25. The Morgan fingerprint density at radius 2 is 2.00 bits per heavy atom. The Labute approximate surface area is 153 Å². The van der Waals surface area contributed by atoms with Gasteiger partial charge in [0.2, 0.25) is 0 Å². The van der Waals surface area contributed by atoms with Crippen molar-refractivity contribution >= 4 is 34.2 Å². The summed E-state index contributed by atoms with van der Waals surface area (Å²) in [6, 6.07) is 10.1. The number of aryl methyl sites for hydroxylation is 1. The number of anilines is 1. The van der Waals surface area contributed by atoms with Crippen molar-refractivity contribution in [1.82, 2.24) is 0 Å². The van der Waals surface area contributed by atoms with Crippen LogP contribution in [0.2, 0.25) is 5.02 Å². The van der Waals surface area contributed by atoms with E-state index in [1.54, 1.807) is 25.1 Å². The third-order valence-corrected chi connectivity index (χ3v) is 4.11. The number of amides is 1. The van der Waals surface area contributed by atoms with E-state index >= 15 is 0 Å². The van der Waals surface area contributed by atoms with Crippen LogP contribution in [0.15, 0.2) is 51.7 Å². The van der Waals surface area contributed by atoms with Crippen molar-refractivity contribution in [2.24, 2.45) is 0 Å². The molecule has 1 aromatic heterocycles. The second-order valence-corrected chi connectivity index (χ2v) is 6.19. The van der Waals surface area contributed by atoms with E-state index in [0.29, 0.717) is 11.3 Å². The van der Waals surface area contributed by atoms with Gasteiger partial charge in [-0.05, 0) is 49.7 Å². The molecule has 3 aromatic rings. The molecule has 0 spiro atoms. The number of hydrogen-bond donors (Lipinski definition) is 1. The van der Waals surface area contributed by atoms with Gasteiger partial charge in [-0.1, -0.05) is 11.6 Å². The summed E-state index contributed by atoms with van der Waals surface area (Å²) in [6.45, 7) is 3.37. The first-order valence-electron chi connectivity index (χ1n) is 7.80.